The van der Waals surface area contributed by atoms with Crippen LogP contribution in [0.5, 0.6) is 0 Å². The van der Waals surface area contributed by atoms with Gasteiger partial charge in [0.2, 0.25) is 0 Å². The molecule has 116 valence electrons. The number of likely N-dealkylation sites (N-methyl/N-ethyl adjacent to an activating group) is 1. The van der Waals surface area contributed by atoms with Crippen LogP contribution in [-0.2, 0) is 4.74 Å². The Hall–Kier alpha value is -0.0800. The van der Waals surface area contributed by atoms with E-state index in [-0.39, 0.29) is 0 Å². The molecule has 0 aliphatic heterocycles. The number of hydrogen-bond acceptors (Lipinski definition) is 2. The molecular formula is C17H37NO. The lowest BCUT2D eigenvalue weighted by Crippen LogP contribution is -2.34. The number of nitrogens with one attached hydrogen (secondary N) is 1. The van der Waals surface area contributed by atoms with Crippen molar-refractivity contribution in [3.05, 3.63) is 0 Å². The van der Waals surface area contributed by atoms with Crippen molar-refractivity contribution in [2.45, 2.75) is 97.6 Å². The van der Waals surface area contributed by atoms with Crippen molar-refractivity contribution in [3.63, 3.8) is 0 Å². The summed E-state index contributed by atoms with van der Waals surface area (Å²) in [7, 11) is 0. The Bertz CT molecular complexity index is 171. The molecule has 2 nitrogen and oxygen atoms in total. The summed E-state index contributed by atoms with van der Waals surface area (Å²) in [4.78, 5) is 0. The molecule has 0 radical (unpaired) electrons. The van der Waals surface area contributed by atoms with E-state index in [1.807, 2.05) is 0 Å². The van der Waals surface area contributed by atoms with E-state index in [2.05, 4.69) is 33.0 Å². The second-order valence-corrected chi connectivity index (χ2v) is 5.90. The molecule has 0 saturated heterocycles. The molecule has 0 spiro atoms. The Morgan fingerprint density at radius 3 is 1.95 bits per heavy atom. The predicted octanol–water partition coefficient (Wildman–Crippen LogP) is 4.92. The van der Waals surface area contributed by atoms with Crippen molar-refractivity contribution in [2.24, 2.45) is 0 Å². The predicted molar refractivity (Wildman–Crippen MR) is 85.8 cm³/mol. The van der Waals surface area contributed by atoms with E-state index >= 15 is 0 Å². The molecule has 0 aromatic carbocycles. The first-order chi connectivity index (χ1) is 9.20. The van der Waals surface area contributed by atoms with Crippen molar-refractivity contribution in [1.82, 2.24) is 5.32 Å². The van der Waals surface area contributed by atoms with Gasteiger partial charge in [0, 0.05) is 6.04 Å². The zero-order chi connectivity index (χ0) is 14.3. The average Bonchev–Trinajstić information content (AvgIpc) is 2.38. The van der Waals surface area contributed by atoms with Crippen molar-refractivity contribution in [3.8, 4) is 0 Å². The molecule has 0 heterocycles. The molecule has 0 fully saturated rings. The lowest BCUT2D eigenvalue weighted by Gasteiger charge is -2.19. The molecule has 1 N–H and O–H groups in total. The maximum Gasteiger partial charge on any atom is 0.0623 e. The second kappa shape index (κ2) is 14.3. The van der Waals surface area contributed by atoms with Crippen LogP contribution in [0.25, 0.3) is 0 Å². The van der Waals surface area contributed by atoms with Crippen LogP contribution in [-0.4, -0.2) is 25.3 Å². The summed E-state index contributed by atoms with van der Waals surface area (Å²) < 4.78 is 5.72. The standard InChI is InChI=1S/C17H37NO/c1-5-7-8-9-10-11-12-13-14-17(18-6-2)15-19-16(3)4/h16-18H,5-15H2,1-4H3. The topological polar surface area (TPSA) is 21.3 Å². The lowest BCUT2D eigenvalue weighted by atomic mass is 10.0. The first-order valence-electron chi connectivity index (χ1n) is 8.55. The van der Waals surface area contributed by atoms with Crippen molar-refractivity contribution in [1.29, 1.82) is 0 Å². The van der Waals surface area contributed by atoms with Gasteiger partial charge in [0.05, 0.1) is 12.7 Å². The van der Waals surface area contributed by atoms with Crippen LogP contribution in [0.1, 0.15) is 85.5 Å². The highest BCUT2D eigenvalue weighted by Crippen LogP contribution is 2.11. The monoisotopic (exact) mass is 271 g/mol. The van der Waals surface area contributed by atoms with E-state index in [0.29, 0.717) is 12.1 Å². The zero-order valence-electron chi connectivity index (χ0n) is 13.8. The van der Waals surface area contributed by atoms with Gasteiger partial charge in [-0.2, -0.15) is 0 Å². The summed E-state index contributed by atoms with van der Waals surface area (Å²) in [5.41, 5.74) is 0. The van der Waals surface area contributed by atoms with E-state index in [0.717, 1.165) is 13.2 Å². The minimum Gasteiger partial charge on any atom is -0.377 e. The van der Waals surface area contributed by atoms with Gasteiger partial charge in [0.1, 0.15) is 0 Å². The quantitative estimate of drug-likeness (QED) is 0.453. The largest absolute Gasteiger partial charge is 0.377 e. The third kappa shape index (κ3) is 14.1. The summed E-state index contributed by atoms with van der Waals surface area (Å²) in [5.74, 6) is 0. The Labute approximate surface area is 121 Å². The fourth-order valence-electron chi connectivity index (χ4n) is 2.37. The van der Waals surface area contributed by atoms with E-state index in [4.69, 9.17) is 4.74 Å². The first-order valence-corrected chi connectivity index (χ1v) is 8.55. The van der Waals surface area contributed by atoms with Crippen LogP contribution in [0.3, 0.4) is 0 Å². The molecule has 0 amide bonds. The van der Waals surface area contributed by atoms with Gasteiger partial charge >= 0.3 is 0 Å². The van der Waals surface area contributed by atoms with Gasteiger partial charge < -0.3 is 10.1 Å². The lowest BCUT2D eigenvalue weighted by molar-refractivity contribution is 0.0593. The van der Waals surface area contributed by atoms with Crippen LogP contribution in [0, 0.1) is 0 Å². The molecule has 0 aliphatic rings. The van der Waals surface area contributed by atoms with E-state index in [1.165, 1.54) is 57.8 Å². The minimum absolute atomic E-state index is 0.347. The van der Waals surface area contributed by atoms with Gasteiger partial charge in [-0.15, -0.1) is 0 Å². The van der Waals surface area contributed by atoms with Crippen LogP contribution in [0.15, 0.2) is 0 Å². The Kier molecular flexibility index (Phi) is 14.3. The molecule has 2 heteroatoms. The van der Waals surface area contributed by atoms with Gasteiger partial charge in [-0.1, -0.05) is 65.2 Å². The highest BCUT2D eigenvalue weighted by atomic mass is 16.5. The first kappa shape index (κ1) is 18.9. The number of hydrogen-bond donors (Lipinski definition) is 1. The molecular weight excluding hydrogens is 234 g/mol. The van der Waals surface area contributed by atoms with Gasteiger partial charge in [-0.25, -0.2) is 0 Å². The average molecular weight is 271 g/mol. The molecule has 0 aliphatic carbocycles. The number of unbranched alkanes of at least 4 members (excludes halogenated alkanes) is 7. The fraction of sp³-hybridized carbons (Fsp3) is 1.00. The van der Waals surface area contributed by atoms with Crippen LogP contribution in [0.2, 0.25) is 0 Å². The van der Waals surface area contributed by atoms with Gasteiger partial charge in [-0.3, -0.25) is 0 Å². The zero-order valence-corrected chi connectivity index (χ0v) is 13.8. The van der Waals surface area contributed by atoms with Gasteiger partial charge in [0.25, 0.3) is 0 Å². The summed E-state index contributed by atoms with van der Waals surface area (Å²) in [6, 6.07) is 0.549. The molecule has 0 aromatic rings. The number of ether oxygens (including phenoxy) is 1. The van der Waals surface area contributed by atoms with Crippen molar-refractivity contribution in [2.75, 3.05) is 13.2 Å². The Morgan fingerprint density at radius 1 is 0.842 bits per heavy atom. The maximum atomic E-state index is 5.72. The SMILES string of the molecule is CCCCCCCCCCC(COC(C)C)NCC. The van der Waals surface area contributed by atoms with E-state index in [1.54, 1.807) is 0 Å². The minimum atomic E-state index is 0.347. The number of rotatable bonds is 14. The summed E-state index contributed by atoms with van der Waals surface area (Å²) in [6.07, 6.45) is 12.8. The fourth-order valence-corrected chi connectivity index (χ4v) is 2.37. The normalized spacial score (nSPS) is 13.1. The molecule has 0 saturated carbocycles. The highest BCUT2D eigenvalue weighted by Gasteiger charge is 2.08. The van der Waals surface area contributed by atoms with Crippen LogP contribution < -0.4 is 5.32 Å². The third-order valence-corrected chi connectivity index (χ3v) is 3.53. The molecule has 19 heavy (non-hydrogen) atoms. The third-order valence-electron chi connectivity index (χ3n) is 3.53. The molecule has 0 rings (SSSR count). The molecule has 0 aromatic heterocycles. The summed E-state index contributed by atoms with van der Waals surface area (Å²) >= 11 is 0. The smallest absolute Gasteiger partial charge is 0.0623 e. The molecule has 0 bridgehead atoms. The summed E-state index contributed by atoms with van der Waals surface area (Å²) in [5, 5.41) is 3.53. The van der Waals surface area contributed by atoms with Crippen molar-refractivity contribution < 1.29 is 4.74 Å². The van der Waals surface area contributed by atoms with Gasteiger partial charge in [0.15, 0.2) is 0 Å². The molecule has 1 unspecified atom stereocenters. The summed E-state index contributed by atoms with van der Waals surface area (Å²) in [6.45, 7) is 10.6. The van der Waals surface area contributed by atoms with E-state index < -0.39 is 0 Å². The highest BCUT2D eigenvalue weighted by molar-refractivity contribution is 4.65. The second-order valence-electron chi connectivity index (χ2n) is 5.90. The van der Waals surface area contributed by atoms with Crippen molar-refractivity contribution >= 4 is 0 Å². The molecule has 1 atom stereocenters. The van der Waals surface area contributed by atoms with Crippen LogP contribution >= 0.6 is 0 Å². The Morgan fingerprint density at radius 2 is 1.42 bits per heavy atom. The van der Waals surface area contributed by atoms with Crippen LogP contribution in [0.4, 0.5) is 0 Å². The van der Waals surface area contributed by atoms with Gasteiger partial charge in [-0.05, 0) is 26.8 Å². The van der Waals surface area contributed by atoms with E-state index in [9.17, 15) is 0 Å². The Balaban J connectivity index is 3.42. The maximum absolute atomic E-state index is 5.72.